The predicted octanol–water partition coefficient (Wildman–Crippen LogP) is 3.68. The maximum atomic E-state index is 14.6. The number of alkyl halides is 2. The highest BCUT2D eigenvalue weighted by atomic mass is 32.2. The molecule has 2 aromatic rings. The van der Waals surface area contributed by atoms with E-state index in [4.69, 9.17) is 9.88 Å². The van der Waals surface area contributed by atoms with E-state index in [9.17, 15) is 17.2 Å². The molecule has 2 aromatic carbocycles. The minimum Gasteiger partial charge on any atom is -0.469 e. The van der Waals surface area contributed by atoms with E-state index in [1.54, 1.807) is 12.1 Å². The molecule has 2 N–H and O–H groups in total. The van der Waals surface area contributed by atoms with Crippen molar-refractivity contribution >= 4 is 21.6 Å². The van der Waals surface area contributed by atoms with Crippen LogP contribution in [0.1, 0.15) is 30.9 Å². The summed E-state index contributed by atoms with van der Waals surface area (Å²) in [6, 6.07) is 12.5. The first kappa shape index (κ1) is 18.1. The van der Waals surface area contributed by atoms with E-state index < -0.39 is 33.4 Å². The third-order valence-corrected chi connectivity index (χ3v) is 5.96. The highest BCUT2D eigenvalue weighted by molar-refractivity contribution is 7.89. The van der Waals surface area contributed by atoms with Gasteiger partial charge in [0.05, 0.1) is 16.5 Å². The molecule has 0 aromatic heterocycles. The summed E-state index contributed by atoms with van der Waals surface area (Å²) < 4.78 is 57.7. The Labute approximate surface area is 155 Å². The van der Waals surface area contributed by atoms with Gasteiger partial charge in [-0.2, -0.15) is 0 Å². The number of nitrogens with two attached hydrogens (primary N) is 1. The van der Waals surface area contributed by atoms with Crippen LogP contribution in [0.2, 0.25) is 0 Å². The summed E-state index contributed by atoms with van der Waals surface area (Å²) in [6.07, 6.45) is 0. The number of rotatable bonds is 3. The molecule has 0 unspecified atom stereocenters. The van der Waals surface area contributed by atoms with E-state index in [1.807, 2.05) is 26.0 Å². The SMILES string of the molecule is CC1(C)OC([C@H]2[C@H](c3ccc(S(N)(=O)=O)cc3)C2(F)F)=Nc2ccccc21. The Bertz CT molecular complexity index is 1050. The molecule has 5 nitrogen and oxygen atoms in total. The van der Waals surface area contributed by atoms with Crippen LogP contribution < -0.4 is 5.14 Å². The van der Waals surface area contributed by atoms with Crippen LogP contribution in [0, 0.1) is 5.92 Å². The average Bonchev–Trinajstić information content (AvgIpc) is 3.16. The van der Waals surface area contributed by atoms with Crippen molar-refractivity contribution in [3.63, 3.8) is 0 Å². The molecule has 1 saturated carbocycles. The number of sulfonamides is 1. The zero-order valence-corrected chi connectivity index (χ0v) is 15.5. The lowest BCUT2D eigenvalue weighted by molar-refractivity contribution is 0.0656. The standard InChI is InChI=1S/C19H18F2N2O3S/c1-18(2)13-5-3-4-6-14(13)23-17(26-18)16-15(19(16,20)21)11-7-9-12(10-8-11)27(22,24)25/h3-10,15-16H,1-2H3,(H2,22,24,25)/t15-,16+/m0/s1. The van der Waals surface area contributed by atoms with Crippen molar-refractivity contribution < 1.29 is 21.9 Å². The molecule has 1 aliphatic carbocycles. The van der Waals surface area contributed by atoms with Gasteiger partial charge in [-0.15, -0.1) is 0 Å². The number of para-hydroxylation sites is 1. The van der Waals surface area contributed by atoms with E-state index in [0.29, 0.717) is 11.3 Å². The minimum atomic E-state index is -3.87. The molecule has 142 valence electrons. The average molecular weight is 392 g/mol. The zero-order chi connectivity index (χ0) is 19.6. The van der Waals surface area contributed by atoms with Crippen molar-refractivity contribution in [2.24, 2.45) is 16.0 Å². The first-order valence-corrected chi connectivity index (χ1v) is 9.94. The van der Waals surface area contributed by atoms with Gasteiger partial charge in [0.15, 0.2) is 5.90 Å². The summed E-state index contributed by atoms with van der Waals surface area (Å²) in [6.45, 7) is 3.63. The second-order valence-electron chi connectivity index (χ2n) is 7.32. The van der Waals surface area contributed by atoms with Gasteiger partial charge in [0.1, 0.15) is 11.5 Å². The van der Waals surface area contributed by atoms with Crippen molar-refractivity contribution in [2.45, 2.75) is 36.2 Å². The lowest BCUT2D eigenvalue weighted by atomic mass is 9.95. The van der Waals surface area contributed by atoms with Crippen molar-refractivity contribution in [3.8, 4) is 0 Å². The number of primary sulfonamides is 1. The van der Waals surface area contributed by atoms with E-state index in [-0.39, 0.29) is 10.8 Å². The van der Waals surface area contributed by atoms with Gasteiger partial charge in [0, 0.05) is 5.56 Å². The summed E-state index contributed by atoms with van der Waals surface area (Å²) in [5.41, 5.74) is 1.01. The number of nitrogens with zero attached hydrogens (tertiary/aromatic N) is 1. The number of benzene rings is 2. The van der Waals surface area contributed by atoms with E-state index >= 15 is 0 Å². The van der Waals surface area contributed by atoms with Crippen LogP contribution in [0.15, 0.2) is 58.4 Å². The fourth-order valence-corrected chi connectivity index (χ4v) is 4.10. The number of halogens is 2. The molecular weight excluding hydrogens is 374 g/mol. The Morgan fingerprint density at radius 2 is 1.67 bits per heavy atom. The lowest BCUT2D eigenvalue weighted by Gasteiger charge is -2.32. The number of ether oxygens (including phenoxy) is 1. The predicted molar refractivity (Wildman–Crippen MR) is 96.6 cm³/mol. The number of hydrogen-bond acceptors (Lipinski definition) is 4. The first-order chi connectivity index (χ1) is 12.5. The third kappa shape index (κ3) is 2.93. The summed E-state index contributed by atoms with van der Waals surface area (Å²) in [4.78, 5) is 4.21. The molecule has 8 heteroatoms. The molecule has 4 rings (SSSR count). The topological polar surface area (TPSA) is 81.8 Å². The largest absolute Gasteiger partial charge is 0.469 e. The van der Waals surface area contributed by atoms with Gasteiger partial charge < -0.3 is 4.74 Å². The molecule has 27 heavy (non-hydrogen) atoms. The maximum Gasteiger partial charge on any atom is 0.268 e. The van der Waals surface area contributed by atoms with Crippen LogP contribution in [-0.4, -0.2) is 20.2 Å². The van der Waals surface area contributed by atoms with E-state index in [1.165, 1.54) is 24.3 Å². The second kappa shape index (κ2) is 5.59. The number of fused-ring (bicyclic) bond motifs is 1. The van der Waals surface area contributed by atoms with Crippen LogP contribution in [0.5, 0.6) is 0 Å². The second-order valence-corrected chi connectivity index (χ2v) is 8.88. The summed E-state index contributed by atoms with van der Waals surface area (Å²) in [5, 5.41) is 5.06. The molecule has 0 saturated heterocycles. The van der Waals surface area contributed by atoms with Gasteiger partial charge in [0.25, 0.3) is 5.92 Å². The van der Waals surface area contributed by atoms with Crippen molar-refractivity contribution in [3.05, 3.63) is 59.7 Å². The molecule has 0 radical (unpaired) electrons. The zero-order valence-electron chi connectivity index (χ0n) is 14.7. The third-order valence-electron chi connectivity index (χ3n) is 5.03. The Hall–Kier alpha value is -2.32. The highest BCUT2D eigenvalue weighted by Gasteiger charge is 2.72. The highest BCUT2D eigenvalue weighted by Crippen LogP contribution is 2.63. The molecular formula is C19H18F2N2O3S. The van der Waals surface area contributed by atoms with Crippen molar-refractivity contribution in [1.82, 2.24) is 0 Å². The van der Waals surface area contributed by atoms with Gasteiger partial charge in [0.2, 0.25) is 10.0 Å². The van der Waals surface area contributed by atoms with Crippen molar-refractivity contribution in [1.29, 1.82) is 0 Å². The van der Waals surface area contributed by atoms with Crippen LogP contribution in [-0.2, 0) is 20.4 Å². The number of hydrogen-bond donors (Lipinski definition) is 1. The first-order valence-electron chi connectivity index (χ1n) is 8.39. The Balaban J connectivity index is 1.69. The van der Waals surface area contributed by atoms with E-state index in [0.717, 1.165) is 5.56 Å². The van der Waals surface area contributed by atoms with Crippen molar-refractivity contribution in [2.75, 3.05) is 0 Å². The molecule has 0 amide bonds. The molecule has 1 fully saturated rings. The molecule has 2 atom stereocenters. The maximum absolute atomic E-state index is 14.6. The molecule has 1 aliphatic heterocycles. The molecule has 0 bridgehead atoms. The van der Waals surface area contributed by atoms with Crippen LogP contribution >= 0.6 is 0 Å². The quantitative estimate of drug-likeness (QED) is 0.865. The molecule has 1 heterocycles. The Kier molecular flexibility index (Phi) is 3.74. The van der Waals surface area contributed by atoms with Gasteiger partial charge >= 0.3 is 0 Å². The van der Waals surface area contributed by atoms with Gasteiger partial charge in [-0.3, -0.25) is 0 Å². The lowest BCUT2D eigenvalue weighted by Crippen LogP contribution is -2.30. The smallest absolute Gasteiger partial charge is 0.268 e. The summed E-state index contributed by atoms with van der Waals surface area (Å²) >= 11 is 0. The molecule has 0 spiro atoms. The fourth-order valence-electron chi connectivity index (χ4n) is 3.58. The normalized spacial score (nSPS) is 25.1. The number of aliphatic imine (C=N–C) groups is 1. The van der Waals surface area contributed by atoms with Gasteiger partial charge in [-0.05, 0) is 37.6 Å². The van der Waals surface area contributed by atoms with Gasteiger partial charge in [-0.1, -0.05) is 30.3 Å². The Morgan fingerprint density at radius 3 is 2.30 bits per heavy atom. The monoisotopic (exact) mass is 392 g/mol. The summed E-state index contributed by atoms with van der Waals surface area (Å²) in [7, 11) is -3.87. The summed E-state index contributed by atoms with van der Waals surface area (Å²) in [5.74, 6) is -5.33. The van der Waals surface area contributed by atoms with Crippen LogP contribution in [0.25, 0.3) is 0 Å². The van der Waals surface area contributed by atoms with Gasteiger partial charge in [-0.25, -0.2) is 27.3 Å². The minimum absolute atomic E-state index is 0.00391. The van der Waals surface area contributed by atoms with Crippen LogP contribution in [0.4, 0.5) is 14.5 Å². The fraction of sp³-hybridized carbons (Fsp3) is 0.316. The van der Waals surface area contributed by atoms with Crippen LogP contribution in [0.3, 0.4) is 0 Å². The Morgan fingerprint density at radius 1 is 1.04 bits per heavy atom. The van der Waals surface area contributed by atoms with E-state index in [2.05, 4.69) is 4.99 Å². The molecule has 2 aliphatic rings.